The molecular weight excluding hydrogens is 332 g/mol. The molecule has 0 saturated heterocycles. The van der Waals surface area contributed by atoms with Crippen molar-refractivity contribution >= 4 is 27.5 Å². The lowest BCUT2D eigenvalue weighted by molar-refractivity contribution is -0.00257. The molecule has 2 aromatic heterocycles. The van der Waals surface area contributed by atoms with Crippen LogP contribution >= 0.6 is 11.3 Å². The van der Waals surface area contributed by atoms with E-state index in [-0.39, 0.29) is 11.9 Å². The molecular formula is C20H26N2O2S. The fraction of sp³-hybridized carbons (Fsp3) is 0.600. The number of hydrogen-bond acceptors (Lipinski definition) is 4. The monoisotopic (exact) mass is 358 g/mol. The van der Waals surface area contributed by atoms with E-state index < -0.39 is 5.60 Å². The van der Waals surface area contributed by atoms with Gasteiger partial charge in [-0.1, -0.05) is 0 Å². The summed E-state index contributed by atoms with van der Waals surface area (Å²) < 4.78 is 1.11. The second-order valence-corrected chi connectivity index (χ2v) is 9.32. The summed E-state index contributed by atoms with van der Waals surface area (Å²) in [4.78, 5) is 18.5. The summed E-state index contributed by atoms with van der Waals surface area (Å²) in [5, 5.41) is 13.3. The molecule has 0 aliphatic heterocycles. The number of carbonyl (C=O) groups is 1. The summed E-state index contributed by atoms with van der Waals surface area (Å²) >= 11 is 1.78. The van der Waals surface area contributed by atoms with Gasteiger partial charge in [0.25, 0.3) is 5.91 Å². The first-order valence-electron chi connectivity index (χ1n) is 9.33. The fourth-order valence-electron chi connectivity index (χ4n) is 3.84. The van der Waals surface area contributed by atoms with Crippen LogP contribution in [0, 0.1) is 5.92 Å². The Morgan fingerprint density at radius 3 is 2.56 bits per heavy atom. The number of nitrogens with one attached hydrogen (secondary N) is 1. The molecule has 25 heavy (non-hydrogen) atoms. The Morgan fingerprint density at radius 2 is 1.92 bits per heavy atom. The molecule has 2 aromatic rings. The van der Waals surface area contributed by atoms with E-state index in [0.717, 1.165) is 41.8 Å². The Labute approximate surface area is 152 Å². The highest BCUT2D eigenvalue weighted by atomic mass is 32.1. The summed E-state index contributed by atoms with van der Waals surface area (Å²) in [5.41, 5.74) is 1.04. The highest BCUT2D eigenvalue weighted by Crippen LogP contribution is 2.44. The summed E-state index contributed by atoms with van der Waals surface area (Å²) in [6, 6.07) is 4.36. The van der Waals surface area contributed by atoms with Crippen molar-refractivity contribution in [3.05, 3.63) is 28.8 Å². The number of aliphatic hydroxyl groups is 1. The van der Waals surface area contributed by atoms with Gasteiger partial charge in [0.05, 0.1) is 21.4 Å². The van der Waals surface area contributed by atoms with Crippen molar-refractivity contribution in [2.75, 3.05) is 0 Å². The quantitative estimate of drug-likeness (QED) is 0.859. The SMILES string of the molecule is CC(C)(O)[C@H]1CC[C@H](NC(=O)c2cnc3cc(C4CC4)sc3c2)CC1. The number of rotatable bonds is 4. The second kappa shape index (κ2) is 6.36. The Balaban J connectivity index is 1.40. The Hall–Kier alpha value is -1.46. The predicted octanol–water partition coefficient (Wildman–Crippen LogP) is 4.23. The van der Waals surface area contributed by atoms with Gasteiger partial charge in [0.15, 0.2) is 0 Å². The standard InChI is InChI=1S/C20H26N2O2S/c1-20(2,24)14-5-7-15(8-6-14)22-19(23)13-9-18-16(21-11-13)10-17(25-18)12-3-4-12/h9-12,14-15,24H,3-8H2,1-2H3,(H,22,23)/t14-,15-. The molecule has 4 nitrogen and oxygen atoms in total. The molecule has 134 valence electrons. The number of thiophene rings is 1. The molecule has 0 unspecified atom stereocenters. The van der Waals surface area contributed by atoms with Gasteiger partial charge in [-0.15, -0.1) is 11.3 Å². The molecule has 4 rings (SSSR count). The van der Waals surface area contributed by atoms with E-state index in [9.17, 15) is 9.90 Å². The number of nitrogens with zero attached hydrogens (tertiary/aromatic N) is 1. The van der Waals surface area contributed by atoms with E-state index in [1.807, 2.05) is 19.9 Å². The highest BCUT2D eigenvalue weighted by Gasteiger charge is 2.32. The van der Waals surface area contributed by atoms with E-state index in [1.54, 1.807) is 17.5 Å². The summed E-state index contributed by atoms with van der Waals surface area (Å²) in [6.07, 6.45) is 8.05. The zero-order valence-electron chi connectivity index (χ0n) is 14.9. The molecule has 2 aliphatic carbocycles. The van der Waals surface area contributed by atoms with Crippen LogP contribution in [0.4, 0.5) is 0 Å². The van der Waals surface area contributed by atoms with E-state index in [0.29, 0.717) is 11.5 Å². The molecule has 1 amide bonds. The largest absolute Gasteiger partial charge is 0.390 e. The molecule has 0 spiro atoms. The molecule has 2 saturated carbocycles. The van der Waals surface area contributed by atoms with Crippen molar-refractivity contribution in [2.24, 2.45) is 5.92 Å². The Morgan fingerprint density at radius 1 is 1.20 bits per heavy atom. The molecule has 2 N–H and O–H groups in total. The normalized spacial score (nSPS) is 24.4. The first kappa shape index (κ1) is 17.0. The van der Waals surface area contributed by atoms with E-state index in [2.05, 4.69) is 16.4 Å². The first-order chi connectivity index (χ1) is 11.9. The molecule has 2 aliphatic rings. The third-order valence-corrected chi connectivity index (χ3v) is 6.93. The maximum atomic E-state index is 12.6. The van der Waals surface area contributed by atoms with Crippen molar-refractivity contribution < 1.29 is 9.90 Å². The minimum absolute atomic E-state index is 0.0255. The lowest BCUT2D eigenvalue weighted by Gasteiger charge is -2.36. The number of hydrogen-bond donors (Lipinski definition) is 2. The van der Waals surface area contributed by atoms with Gasteiger partial charge in [0.1, 0.15) is 0 Å². The average molecular weight is 359 g/mol. The third-order valence-electron chi connectivity index (χ3n) is 5.69. The zero-order chi connectivity index (χ0) is 17.6. The molecule has 0 aromatic carbocycles. The van der Waals surface area contributed by atoms with Crippen LogP contribution in [-0.2, 0) is 0 Å². The van der Waals surface area contributed by atoms with Gasteiger partial charge in [0.2, 0.25) is 0 Å². The van der Waals surface area contributed by atoms with Crippen molar-refractivity contribution in [3.8, 4) is 0 Å². The number of pyridine rings is 1. The lowest BCUT2D eigenvalue weighted by Crippen LogP contribution is -2.41. The zero-order valence-corrected chi connectivity index (χ0v) is 15.7. The topological polar surface area (TPSA) is 62.2 Å². The van der Waals surface area contributed by atoms with Crippen molar-refractivity contribution in [1.29, 1.82) is 0 Å². The van der Waals surface area contributed by atoms with Crippen LogP contribution in [0.2, 0.25) is 0 Å². The molecule has 2 heterocycles. The first-order valence-corrected chi connectivity index (χ1v) is 10.1. The van der Waals surface area contributed by atoms with Crippen molar-refractivity contribution in [1.82, 2.24) is 10.3 Å². The van der Waals surface area contributed by atoms with Crippen LogP contribution in [-0.4, -0.2) is 27.6 Å². The number of aromatic nitrogens is 1. The third kappa shape index (κ3) is 3.72. The van der Waals surface area contributed by atoms with Crippen LogP contribution in [0.1, 0.15) is 73.5 Å². The van der Waals surface area contributed by atoms with Crippen LogP contribution in [0.25, 0.3) is 10.2 Å². The molecule has 0 atom stereocenters. The molecule has 0 radical (unpaired) electrons. The highest BCUT2D eigenvalue weighted by molar-refractivity contribution is 7.19. The summed E-state index contributed by atoms with van der Waals surface area (Å²) in [7, 11) is 0. The van der Waals surface area contributed by atoms with Gasteiger partial charge in [-0.05, 0) is 76.3 Å². The maximum absolute atomic E-state index is 12.6. The van der Waals surface area contributed by atoms with Gasteiger partial charge in [-0.2, -0.15) is 0 Å². The second-order valence-electron chi connectivity index (χ2n) is 8.21. The molecule has 0 bridgehead atoms. The van der Waals surface area contributed by atoms with E-state index in [1.165, 1.54) is 17.7 Å². The van der Waals surface area contributed by atoms with Crippen LogP contribution in [0.5, 0.6) is 0 Å². The molecule has 5 heteroatoms. The van der Waals surface area contributed by atoms with E-state index in [4.69, 9.17) is 0 Å². The number of amides is 1. The Bertz CT molecular complexity index is 781. The summed E-state index contributed by atoms with van der Waals surface area (Å²) in [5.74, 6) is 1.02. The fourth-order valence-corrected chi connectivity index (χ4v) is 5.07. The molecule has 2 fully saturated rings. The minimum Gasteiger partial charge on any atom is -0.390 e. The van der Waals surface area contributed by atoms with Crippen molar-refractivity contribution in [3.63, 3.8) is 0 Å². The lowest BCUT2D eigenvalue weighted by atomic mass is 9.77. The smallest absolute Gasteiger partial charge is 0.253 e. The van der Waals surface area contributed by atoms with Gasteiger partial charge >= 0.3 is 0 Å². The van der Waals surface area contributed by atoms with Crippen LogP contribution in [0.15, 0.2) is 18.3 Å². The Kier molecular flexibility index (Phi) is 4.32. The average Bonchev–Trinajstić information content (AvgIpc) is 3.33. The number of carbonyl (C=O) groups excluding carboxylic acids is 1. The minimum atomic E-state index is -0.623. The van der Waals surface area contributed by atoms with Gasteiger partial charge < -0.3 is 10.4 Å². The van der Waals surface area contributed by atoms with Crippen LogP contribution < -0.4 is 5.32 Å². The predicted molar refractivity (Wildman–Crippen MR) is 101 cm³/mol. The maximum Gasteiger partial charge on any atom is 0.253 e. The van der Waals surface area contributed by atoms with Gasteiger partial charge in [0, 0.05) is 17.1 Å². The van der Waals surface area contributed by atoms with Crippen LogP contribution in [0.3, 0.4) is 0 Å². The summed E-state index contributed by atoms with van der Waals surface area (Å²) in [6.45, 7) is 3.77. The van der Waals surface area contributed by atoms with Gasteiger partial charge in [-0.3, -0.25) is 9.78 Å². The van der Waals surface area contributed by atoms with Crippen molar-refractivity contribution in [2.45, 2.75) is 69.9 Å². The number of fused-ring (bicyclic) bond motifs is 1. The van der Waals surface area contributed by atoms with Gasteiger partial charge in [-0.25, -0.2) is 0 Å². The van der Waals surface area contributed by atoms with E-state index >= 15 is 0 Å².